The standard InChI is InChI=1S/C16H33NO2/c1-6-19-16(10-7-8-13(2)12-16)14(17)9-11-15(3,4)18-5/h13-14H,6-12,17H2,1-5H3. The third-order valence-corrected chi connectivity index (χ3v) is 4.71. The molecule has 0 spiro atoms. The van der Waals surface area contributed by atoms with Gasteiger partial charge in [0.05, 0.1) is 11.2 Å². The summed E-state index contributed by atoms with van der Waals surface area (Å²) >= 11 is 0. The average molecular weight is 271 g/mol. The van der Waals surface area contributed by atoms with Crippen LogP contribution in [0.4, 0.5) is 0 Å². The van der Waals surface area contributed by atoms with E-state index in [1.807, 2.05) is 0 Å². The van der Waals surface area contributed by atoms with Gasteiger partial charge in [0, 0.05) is 19.8 Å². The van der Waals surface area contributed by atoms with Crippen molar-refractivity contribution in [2.75, 3.05) is 13.7 Å². The summed E-state index contributed by atoms with van der Waals surface area (Å²) in [7, 11) is 1.77. The third-order valence-electron chi connectivity index (χ3n) is 4.71. The molecule has 0 aromatic rings. The van der Waals surface area contributed by atoms with Crippen molar-refractivity contribution in [3.8, 4) is 0 Å². The molecular weight excluding hydrogens is 238 g/mol. The van der Waals surface area contributed by atoms with Crippen LogP contribution in [0.1, 0.15) is 66.2 Å². The predicted molar refractivity (Wildman–Crippen MR) is 80.3 cm³/mol. The molecule has 1 saturated carbocycles. The highest BCUT2D eigenvalue weighted by molar-refractivity contribution is 4.96. The van der Waals surface area contributed by atoms with Gasteiger partial charge >= 0.3 is 0 Å². The Hall–Kier alpha value is -0.120. The Morgan fingerprint density at radius 2 is 2.11 bits per heavy atom. The molecule has 1 aliphatic rings. The van der Waals surface area contributed by atoms with Crippen LogP contribution in [-0.4, -0.2) is 31.0 Å². The summed E-state index contributed by atoms with van der Waals surface area (Å²) in [6.45, 7) is 9.40. The van der Waals surface area contributed by atoms with Crippen LogP contribution in [-0.2, 0) is 9.47 Å². The Kier molecular flexibility index (Phi) is 6.28. The highest BCUT2D eigenvalue weighted by atomic mass is 16.5. The minimum Gasteiger partial charge on any atom is -0.379 e. The van der Waals surface area contributed by atoms with Gasteiger partial charge in [-0.3, -0.25) is 0 Å². The molecule has 0 aromatic carbocycles. The SMILES string of the molecule is CCOC1(C(N)CCC(C)(C)OC)CCCC(C)C1. The van der Waals surface area contributed by atoms with Crippen LogP contribution in [0, 0.1) is 5.92 Å². The minimum absolute atomic E-state index is 0.0920. The first-order valence-corrected chi connectivity index (χ1v) is 7.80. The van der Waals surface area contributed by atoms with Crippen molar-refractivity contribution in [1.29, 1.82) is 0 Å². The fourth-order valence-electron chi connectivity index (χ4n) is 3.27. The van der Waals surface area contributed by atoms with Gasteiger partial charge in [0.1, 0.15) is 0 Å². The van der Waals surface area contributed by atoms with Gasteiger partial charge in [-0.2, -0.15) is 0 Å². The van der Waals surface area contributed by atoms with Gasteiger partial charge in [0.2, 0.25) is 0 Å². The lowest BCUT2D eigenvalue weighted by molar-refractivity contribution is -0.0978. The van der Waals surface area contributed by atoms with E-state index >= 15 is 0 Å². The molecule has 0 radical (unpaired) electrons. The van der Waals surface area contributed by atoms with Crippen molar-refractivity contribution in [2.45, 2.75) is 83.5 Å². The molecule has 114 valence electrons. The van der Waals surface area contributed by atoms with Crippen LogP contribution in [0.2, 0.25) is 0 Å². The van der Waals surface area contributed by atoms with Crippen molar-refractivity contribution in [1.82, 2.24) is 0 Å². The maximum Gasteiger partial charge on any atom is 0.0835 e. The second kappa shape index (κ2) is 7.05. The predicted octanol–water partition coefficient (Wildman–Crippen LogP) is 3.50. The van der Waals surface area contributed by atoms with E-state index in [0.717, 1.165) is 38.2 Å². The molecule has 1 fully saturated rings. The molecule has 0 heterocycles. The van der Waals surface area contributed by atoms with Gasteiger partial charge < -0.3 is 15.2 Å². The minimum atomic E-state index is -0.101. The van der Waals surface area contributed by atoms with Crippen LogP contribution >= 0.6 is 0 Å². The van der Waals surface area contributed by atoms with E-state index in [-0.39, 0.29) is 17.2 Å². The Balaban J connectivity index is 2.64. The Labute approximate surface area is 119 Å². The zero-order valence-corrected chi connectivity index (χ0v) is 13.5. The molecule has 0 aliphatic heterocycles. The molecule has 3 atom stereocenters. The first kappa shape index (κ1) is 16.9. The smallest absolute Gasteiger partial charge is 0.0835 e. The zero-order chi connectivity index (χ0) is 14.5. The van der Waals surface area contributed by atoms with Crippen molar-refractivity contribution < 1.29 is 9.47 Å². The van der Waals surface area contributed by atoms with Gasteiger partial charge in [-0.15, -0.1) is 0 Å². The Morgan fingerprint density at radius 3 is 2.63 bits per heavy atom. The molecule has 0 aromatic heterocycles. The van der Waals surface area contributed by atoms with Crippen molar-refractivity contribution in [3.05, 3.63) is 0 Å². The third kappa shape index (κ3) is 4.73. The Bertz CT molecular complexity index is 263. The maximum absolute atomic E-state index is 6.51. The number of hydrogen-bond acceptors (Lipinski definition) is 3. The van der Waals surface area contributed by atoms with Crippen LogP contribution < -0.4 is 5.73 Å². The number of ether oxygens (including phenoxy) is 2. The van der Waals surface area contributed by atoms with E-state index in [4.69, 9.17) is 15.2 Å². The molecule has 0 amide bonds. The summed E-state index contributed by atoms with van der Waals surface area (Å²) in [6.07, 6.45) is 6.71. The first-order chi connectivity index (χ1) is 8.85. The average Bonchev–Trinajstić information content (AvgIpc) is 2.36. The zero-order valence-electron chi connectivity index (χ0n) is 13.5. The van der Waals surface area contributed by atoms with E-state index in [9.17, 15) is 0 Å². The molecule has 0 saturated heterocycles. The van der Waals surface area contributed by atoms with Crippen molar-refractivity contribution >= 4 is 0 Å². The topological polar surface area (TPSA) is 44.5 Å². The van der Waals surface area contributed by atoms with E-state index < -0.39 is 0 Å². The second-order valence-corrected chi connectivity index (χ2v) is 6.81. The largest absolute Gasteiger partial charge is 0.379 e. The fourth-order valence-corrected chi connectivity index (χ4v) is 3.27. The molecule has 3 unspecified atom stereocenters. The number of hydrogen-bond donors (Lipinski definition) is 1. The van der Waals surface area contributed by atoms with E-state index in [1.54, 1.807) is 7.11 Å². The lowest BCUT2D eigenvalue weighted by Gasteiger charge is -2.44. The van der Waals surface area contributed by atoms with Crippen LogP contribution in [0.3, 0.4) is 0 Å². The van der Waals surface area contributed by atoms with Crippen molar-refractivity contribution in [3.63, 3.8) is 0 Å². The highest BCUT2D eigenvalue weighted by Gasteiger charge is 2.41. The summed E-state index contributed by atoms with van der Waals surface area (Å²) < 4.78 is 11.6. The van der Waals surface area contributed by atoms with Gasteiger partial charge in [0.15, 0.2) is 0 Å². The molecule has 3 heteroatoms. The lowest BCUT2D eigenvalue weighted by Crippen LogP contribution is -2.53. The highest BCUT2D eigenvalue weighted by Crippen LogP contribution is 2.38. The summed E-state index contributed by atoms with van der Waals surface area (Å²) in [6, 6.07) is 0.115. The van der Waals surface area contributed by atoms with Gasteiger partial charge in [-0.05, 0) is 52.4 Å². The second-order valence-electron chi connectivity index (χ2n) is 6.81. The van der Waals surface area contributed by atoms with E-state index in [0.29, 0.717) is 0 Å². The summed E-state index contributed by atoms with van der Waals surface area (Å²) in [4.78, 5) is 0. The molecule has 3 nitrogen and oxygen atoms in total. The maximum atomic E-state index is 6.51. The summed E-state index contributed by atoms with van der Waals surface area (Å²) in [5.41, 5.74) is 6.32. The van der Waals surface area contributed by atoms with Crippen LogP contribution in [0.5, 0.6) is 0 Å². The number of rotatable bonds is 7. The number of nitrogens with two attached hydrogens (primary N) is 1. The first-order valence-electron chi connectivity index (χ1n) is 7.80. The molecule has 0 bridgehead atoms. The van der Waals surface area contributed by atoms with Gasteiger partial charge in [-0.25, -0.2) is 0 Å². The molecule has 2 N–H and O–H groups in total. The monoisotopic (exact) mass is 271 g/mol. The van der Waals surface area contributed by atoms with Crippen LogP contribution in [0.25, 0.3) is 0 Å². The quantitative estimate of drug-likeness (QED) is 0.770. The summed E-state index contributed by atoms with van der Waals surface area (Å²) in [5.74, 6) is 0.724. The van der Waals surface area contributed by atoms with E-state index in [2.05, 4.69) is 27.7 Å². The fraction of sp³-hybridized carbons (Fsp3) is 1.00. The Morgan fingerprint density at radius 1 is 1.42 bits per heavy atom. The van der Waals surface area contributed by atoms with Gasteiger partial charge in [-0.1, -0.05) is 19.8 Å². The normalized spacial score (nSPS) is 30.3. The summed E-state index contributed by atoms with van der Waals surface area (Å²) in [5, 5.41) is 0. The number of methoxy groups -OCH3 is 1. The molecule has 19 heavy (non-hydrogen) atoms. The van der Waals surface area contributed by atoms with Gasteiger partial charge in [0.25, 0.3) is 0 Å². The van der Waals surface area contributed by atoms with Crippen LogP contribution in [0.15, 0.2) is 0 Å². The molecular formula is C16H33NO2. The molecule has 1 rings (SSSR count). The molecule has 1 aliphatic carbocycles. The van der Waals surface area contributed by atoms with E-state index in [1.165, 1.54) is 12.8 Å². The van der Waals surface area contributed by atoms with Crippen molar-refractivity contribution in [2.24, 2.45) is 11.7 Å². The lowest BCUT2D eigenvalue weighted by atomic mass is 9.73.